The number of nitrogens with one attached hydrogen (secondary N) is 1. The van der Waals surface area contributed by atoms with Gasteiger partial charge in [0.05, 0.1) is 12.2 Å². The summed E-state index contributed by atoms with van der Waals surface area (Å²) in [6, 6.07) is 21.2. The van der Waals surface area contributed by atoms with Crippen LogP contribution in [0.15, 0.2) is 90.4 Å². The Kier molecular flexibility index (Phi) is 5.91. The minimum atomic E-state index is -4.18. The zero-order valence-corrected chi connectivity index (χ0v) is 19.0. The molecule has 5 nitrogen and oxygen atoms in total. The molecule has 0 spiro atoms. The molecule has 32 heavy (non-hydrogen) atoms. The lowest BCUT2D eigenvalue weighted by Crippen LogP contribution is -2.39. The average Bonchev–Trinajstić information content (AvgIpc) is 2.78. The lowest BCUT2D eigenvalue weighted by Gasteiger charge is -2.32. The maximum atomic E-state index is 13.7. The van der Waals surface area contributed by atoms with Gasteiger partial charge in [-0.3, -0.25) is 9.10 Å². The molecule has 0 unspecified atom stereocenters. The molecule has 0 saturated carbocycles. The lowest BCUT2D eigenvalue weighted by atomic mass is 9.95. The molecule has 0 radical (unpaired) electrons. The van der Waals surface area contributed by atoms with Gasteiger partial charge in [0.2, 0.25) is 0 Å². The highest BCUT2D eigenvalue weighted by atomic mass is 35.5. The Labute approximate surface area is 192 Å². The molecule has 3 aromatic rings. The average molecular weight is 465 g/mol. The van der Waals surface area contributed by atoms with Gasteiger partial charge in [0, 0.05) is 21.8 Å². The molecule has 1 N–H and O–H groups in total. The third-order valence-electron chi connectivity index (χ3n) is 5.21. The molecule has 0 saturated heterocycles. The second-order valence-corrected chi connectivity index (χ2v) is 9.54. The molecule has 4 rings (SSSR count). The Balaban J connectivity index is 1.97. The number of anilines is 2. The van der Waals surface area contributed by atoms with Crippen LogP contribution in [0.2, 0.25) is 5.02 Å². The molecule has 1 aliphatic rings. The van der Waals surface area contributed by atoms with Crippen LogP contribution in [0.1, 0.15) is 16.7 Å². The third-order valence-corrected chi connectivity index (χ3v) is 7.45. The number of nitrogens with zero attached hydrogens (tertiary/aromatic N) is 1. The normalized spacial score (nSPS) is 14.6. The van der Waals surface area contributed by atoms with E-state index in [0.29, 0.717) is 33.1 Å². The van der Waals surface area contributed by atoms with Crippen LogP contribution in [0, 0.1) is 6.92 Å². The Morgan fingerprint density at radius 1 is 1.06 bits per heavy atom. The van der Waals surface area contributed by atoms with Crippen molar-refractivity contribution >= 4 is 44.5 Å². The lowest BCUT2D eigenvalue weighted by molar-refractivity contribution is -0.112. The number of aryl methyl sites for hydroxylation is 1. The minimum absolute atomic E-state index is 0.0363. The summed E-state index contributed by atoms with van der Waals surface area (Å²) < 4.78 is 28.7. The van der Waals surface area contributed by atoms with Crippen LogP contribution in [-0.2, 0) is 14.8 Å². The van der Waals surface area contributed by atoms with Crippen LogP contribution in [0.25, 0.3) is 5.57 Å². The molecule has 3 aromatic carbocycles. The fourth-order valence-corrected chi connectivity index (χ4v) is 5.58. The molecular formula is C25H21ClN2O3S. The summed E-state index contributed by atoms with van der Waals surface area (Å²) in [6.07, 6.45) is 1.50. The standard InChI is InChI=1S/C25H21ClN2O3S/c1-3-15-28-22-12-8-7-11-20(22)23(18-9-5-4-6-10-18)24(32(28,30)31)25(29)27-19-14-13-17(2)21(26)16-19/h3-14,16H,1,15H2,2H3,(H,27,29). The van der Waals surface area contributed by atoms with Gasteiger partial charge in [0.15, 0.2) is 4.91 Å². The molecule has 1 aliphatic heterocycles. The first kappa shape index (κ1) is 21.9. The quantitative estimate of drug-likeness (QED) is 0.515. The van der Waals surface area contributed by atoms with Gasteiger partial charge in [0.25, 0.3) is 15.9 Å². The van der Waals surface area contributed by atoms with E-state index in [0.717, 1.165) is 5.56 Å². The van der Waals surface area contributed by atoms with Gasteiger partial charge in [-0.1, -0.05) is 72.3 Å². The highest BCUT2D eigenvalue weighted by Crippen LogP contribution is 2.43. The topological polar surface area (TPSA) is 66.5 Å². The monoisotopic (exact) mass is 464 g/mol. The summed E-state index contributed by atoms with van der Waals surface area (Å²) in [7, 11) is -4.18. The van der Waals surface area contributed by atoms with E-state index in [4.69, 9.17) is 11.6 Å². The Morgan fingerprint density at radius 2 is 1.75 bits per heavy atom. The summed E-state index contributed by atoms with van der Waals surface area (Å²) in [4.78, 5) is 13.2. The largest absolute Gasteiger partial charge is 0.321 e. The second-order valence-electron chi connectivity index (χ2n) is 7.33. The van der Waals surface area contributed by atoms with Crippen LogP contribution in [0.4, 0.5) is 11.4 Å². The van der Waals surface area contributed by atoms with Crippen molar-refractivity contribution in [2.75, 3.05) is 16.2 Å². The van der Waals surface area contributed by atoms with E-state index in [-0.39, 0.29) is 11.4 Å². The fraction of sp³-hybridized carbons (Fsp3) is 0.0800. The van der Waals surface area contributed by atoms with Gasteiger partial charge in [-0.2, -0.15) is 0 Å². The summed E-state index contributed by atoms with van der Waals surface area (Å²) in [5, 5.41) is 3.19. The Bertz CT molecular complexity index is 1350. The predicted octanol–water partition coefficient (Wildman–Crippen LogP) is 5.38. The number of amides is 1. The number of carbonyl (C=O) groups is 1. The van der Waals surface area contributed by atoms with E-state index in [1.165, 1.54) is 10.4 Å². The minimum Gasteiger partial charge on any atom is -0.321 e. The van der Waals surface area contributed by atoms with Crippen molar-refractivity contribution in [1.29, 1.82) is 0 Å². The van der Waals surface area contributed by atoms with Crippen molar-refractivity contribution < 1.29 is 13.2 Å². The number of halogens is 1. The SMILES string of the molecule is C=CCN1c2ccccc2C(c2ccccc2)=C(C(=O)Nc2ccc(C)c(Cl)c2)S1(=O)=O. The molecule has 1 heterocycles. The maximum absolute atomic E-state index is 13.7. The van der Waals surface area contributed by atoms with Gasteiger partial charge >= 0.3 is 0 Å². The number of fused-ring (bicyclic) bond motifs is 1. The predicted molar refractivity (Wildman–Crippen MR) is 130 cm³/mol. The second kappa shape index (κ2) is 8.65. The van der Waals surface area contributed by atoms with Crippen molar-refractivity contribution in [1.82, 2.24) is 0 Å². The first-order chi connectivity index (χ1) is 15.3. The van der Waals surface area contributed by atoms with E-state index in [9.17, 15) is 13.2 Å². The van der Waals surface area contributed by atoms with Crippen molar-refractivity contribution in [3.63, 3.8) is 0 Å². The maximum Gasteiger partial charge on any atom is 0.270 e. The highest BCUT2D eigenvalue weighted by molar-refractivity contribution is 7.97. The number of benzene rings is 3. The van der Waals surface area contributed by atoms with Gasteiger partial charge in [0.1, 0.15) is 0 Å². The first-order valence-electron chi connectivity index (χ1n) is 9.95. The molecule has 0 bridgehead atoms. The molecular weight excluding hydrogens is 444 g/mol. The van der Waals surface area contributed by atoms with Gasteiger partial charge in [-0.05, 0) is 36.2 Å². The van der Waals surface area contributed by atoms with E-state index in [1.54, 1.807) is 42.5 Å². The summed E-state index contributed by atoms with van der Waals surface area (Å²) in [5.41, 5.74) is 3.41. The third kappa shape index (κ3) is 3.83. The molecule has 0 aliphatic carbocycles. The van der Waals surface area contributed by atoms with E-state index >= 15 is 0 Å². The molecule has 0 atom stereocenters. The summed E-state index contributed by atoms with van der Waals surface area (Å²) in [5.74, 6) is -0.729. The van der Waals surface area contributed by atoms with Crippen LogP contribution in [0.3, 0.4) is 0 Å². The molecule has 0 fully saturated rings. The van der Waals surface area contributed by atoms with Crippen LogP contribution >= 0.6 is 11.6 Å². The highest BCUT2D eigenvalue weighted by Gasteiger charge is 2.40. The van der Waals surface area contributed by atoms with Crippen LogP contribution in [-0.4, -0.2) is 20.9 Å². The molecule has 7 heteroatoms. The smallest absolute Gasteiger partial charge is 0.270 e. The van der Waals surface area contributed by atoms with Crippen molar-refractivity contribution in [2.45, 2.75) is 6.92 Å². The van der Waals surface area contributed by atoms with Crippen molar-refractivity contribution in [3.8, 4) is 0 Å². The number of hydrogen-bond acceptors (Lipinski definition) is 3. The zero-order valence-electron chi connectivity index (χ0n) is 17.4. The Hall–Kier alpha value is -3.35. The van der Waals surface area contributed by atoms with Gasteiger partial charge < -0.3 is 5.32 Å². The number of carbonyl (C=O) groups excluding carboxylic acids is 1. The van der Waals surface area contributed by atoms with Gasteiger partial charge in [-0.25, -0.2) is 8.42 Å². The van der Waals surface area contributed by atoms with E-state index in [1.807, 2.05) is 37.3 Å². The Morgan fingerprint density at radius 3 is 2.44 bits per heavy atom. The fourth-order valence-electron chi connectivity index (χ4n) is 3.69. The van der Waals surface area contributed by atoms with Crippen molar-refractivity contribution in [3.05, 3.63) is 112 Å². The van der Waals surface area contributed by atoms with Crippen molar-refractivity contribution in [2.24, 2.45) is 0 Å². The summed E-state index contributed by atoms with van der Waals surface area (Å²) in [6.45, 7) is 5.57. The van der Waals surface area contributed by atoms with Crippen LogP contribution in [0.5, 0.6) is 0 Å². The number of sulfonamides is 1. The number of hydrogen-bond donors (Lipinski definition) is 1. The van der Waals surface area contributed by atoms with E-state index in [2.05, 4.69) is 11.9 Å². The van der Waals surface area contributed by atoms with Crippen LogP contribution < -0.4 is 9.62 Å². The molecule has 162 valence electrons. The first-order valence-corrected chi connectivity index (χ1v) is 11.8. The summed E-state index contributed by atoms with van der Waals surface area (Å²) >= 11 is 6.19. The molecule has 1 amide bonds. The molecule has 0 aromatic heterocycles. The number of para-hydroxylation sites is 1. The van der Waals surface area contributed by atoms with E-state index < -0.39 is 15.9 Å². The number of rotatable bonds is 5. The zero-order chi connectivity index (χ0) is 22.9. The van der Waals surface area contributed by atoms with Gasteiger partial charge in [-0.15, -0.1) is 6.58 Å².